The van der Waals surface area contributed by atoms with E-state index in [4.69, 9.17) is 0 Å². The Balaban J connectivity index is 1.44. The van der Waals surface area contributed by atoms with E-state index in [-0.39, 0.29) is 0 Å². The summed E-state index contributed by atoms with van der Waals surface area (Å²) in [5.74, 6) is 8.30. The van der Waals surface area contributed by atoms with Gasteiger partial charge in [0.15, 0.2) is 0 Å². The maximum Gasteiger partial charge on any atom is 0.0245 e. The summed E-state index contributed by atoms with van der Waals surface area (Å²) < 4.78 is 0. The Labute approximate surface area is 185 Å². The first-order valence-corrected chi connectivity index (χ1v) is 12.5. The molecule has 2 aromatic carbocycles. The van der Waals surface area contributed by atoms with E-state index in [2.05, 4.69) is 74.2 Å². The number of benzene rings is 2. The molecule has 0 heteroatoms. The van der Waals surface area contributed by atoms with Crippen LogP contribution in [0.5, 0.6) is 0 Å². The molecule has 1 fully saturated rings. The maximum atomic E-state index is 3.57. The van der Waals surface area contributed by atoms with Gasteiger partial charge in [-0.15, -0.1) is 0 Å². The highest BCUT2D eigenvalue weighted by molar-refractivity contribution is 5.37. The van der Waals surface area contributed by atoms with Crippen LogP contribution < -0.4 is 0 Å². The third-order valence-electron chi connectivity index (χ3n) is 6.69. The lowest BCUT2D eigenvalue weighted by atomic mass is 9.78. The predicted octanol–water partition coefficient (Wildman–Crippen LogP) is 8.48. The molecule has 3 rings (SSSR count). The van der Waals surface area contributed by atoms with Crippen LogP contribution in [0, 0.1) is 17.8 Å². The van der Waals surface area contributed by atoms with Crippen molar-refractivity contribution in [2.45, 2.75) is 96.8 Å². The van der Waals surface area contributed by atoms with Gasteiger partial charge >= 0.3 is 0 Å². The zero-order chi connectivity index (χ0) is 21.0. The van der Waals surface area contributed by atoms with Crippen LogP contribution in [0.25, 0.3) is 0 Å². The summed E-state index contributed by atoms with van der Waals surface area (Å²) in [4.78, 5) is 0. The van der Waals surface area contributed by atoms with E-state index in [1.165, 1.54) is 93.7 Å². The van der Waals surface area contributed by atoms with Crippen LogP contribution in [0.15, 0.2) is 48.5 Å². The molecular weight excluding hydrogens is 360 g/mol. The van der Waals surface area contributed by atoms with Crippen LogP contribution >= 0.6 is 0 Å². The third kappa shape index (κ3) is 7.36. The molecule has 0 unspecified atom stereocenters. The number of unbranched alkanes of at least 4 members (excludes halogenated alkanes) is 4. The number of hydrogen-bond acceptors (Lipinski definition) is 0. The van der Waals surface area contributed by atoms with Crippen molar-refractivity contribution in [2.75, 3.05) is 0 Å². The van der Waals surface area contributed by atoms with Crippen molar-refractivity contribution in [1.82, 2.24) is 0 Å². The first-order chi connectivity index (χ1) is 14.8. The first-order valence-electron chi connectivity index (χ1n) is 12.5. The molecule has 0 radical (unpaired) electrons. The van der Waals surface area contributed by atoms with Crippen LogP contribution in [0.1, 0.15) is 106 Å². The Morgan fingerprint density at radius 2 is 1.27 bits per heavy atom. The van der Waals surface area contributed by atoms with Crippen LogP contribution in [-0.4, -0.2) is 0 Å². The quantitative estimate of drug-likeness (QED) is 0.292. The Kier molecular flexibility index (Phi) is 9.56. The molecule has 0 spiro atoms. The zero-order valence-corrected chi connectivity index (χ0v) is 19.3. The van der Waals surface area contributed by atoms with E-state index >= 15 is 0 Å². The smallest absolute Gasteiger partial charge is 0.0245 e. The molecule has 2 aromatic rings. The van der Waals surface area contributed by atoms with Crippen molar-refractivity contribution in [3.8, 4) is 11.8 Å². The molecule has 0 bridgehead atoms. The summed E-state index contributed by atoms with van der Waals surface area (Å²) in [5, 5.41) is 0. The molecule has 30 heavy (non-hydrogen) atoms. The van der Waals surface area contributed by atoms with Gasteiger partial charge in [0.2, 0.25) is 0 Å². The van der Waals surface area contributed by atoms with E-state index in [1.54, 1.807) is 5.56 Å². The molecule has 160 valence electrons. The summed E-state index contributed by atoms with van der Waals surface area (Å²) in [6, 6.07) is 18.4. The average molecular weight is 401 g/mol. The lowest BCUT2D eigenvalue weighted by molar-refractivity contribution is 0.384. The van der Waals surface area contributed by atoms with Crippen molar-refractivity contribution in [3.05, 3.63) is 70.8 Å². The van der Waals surface area contributed by atoms with E-state index in [9.17, 15) is 0 Å². The van der Waals surface area contributed by atoms with Gasteiger partial charge in [-0.1, -0.05) is 87.8 Å². The van der Waals surface area contributed by atoms with E-state index in [1.807, 2.05) is 0 Å². The maximum absolute atomic E-state index is 3.57. The molecule has 0 N–H and O–H groups in total. The Bertz CT molecular complexity index is 777. The van der Waals surface area contributed by atoms with Crippen molar-refractivity contribution < 1.29 is 0 Å². The van der Waals surface area contributed by atoms with Gasteiger partial charge in [-0.25, -0.2) is 0 Å². The van der Waals surface area contributed by atoms with Crippen molar-refractivity contribution in [1.29, 1.82) is 0 Å². The summed E-state index contributed by atoms with van der Waals surface area (Å²) in [6.45, 7) is 4.53. The van der Waals surface area contributed by atoms with Crippen molar-refractivity contribution in [3.63, 3.8) is 0 Å². The summed E-state index contributed by atoms with van der Waals surface area (Å²) >= 11 is 0. The topological polar surface area (TPSA) is 0 Å². The van der Waals surface area contributed by atoms with Gasteiger partial charge in [-0.05, 0) is 86.1 Å². The Morgan fingerprint density at radius 1 is 0.667 bits per heavy atom. The monoisotopic (exact) mass is 400 g/mol. The average Bonchev–Trinajstić information content (AvgIpc) is 2.81. The highest BCUT2D eigenvalue weighted by atomic mass is 14.2. The minimum Gasteiger partial charge on any atom is -0.0945 e. The van der Waals surface area contributed by atoms with E-state index in [0.717, 1.165) is 5.92 Å². The Hall–Kier alpha value is -2.00. The van der Waals surface area contributed by atoms with Crippen LogP contribution in [0.2, 0.25) is 0 Å². The van der Waals surface area contributed by atoms with Gasteiger partial charge in [-0.3, -0.25) is 0 Å². The fourth-order valence-electron chi connectivity index (χ4n) is 4.60. The van der Waals surface area contributed by atoms with Crippen LogP contribution in [-0.2, 0) is 12.8 Å². The first kappa shape index (κ1) is 22.7. The molecule has 1 saturated carbocycles. The fourth-order valence-corrected chi connectivity index (χ4v) is 4.60. The molecular formula is C30H40. The largest absolute Gasteiger partial charge is 0.0945 e. The highest BCUT2D eigenvalue weighted by Gasteiger charge is 2.21. The normalized spacial score (nSPS) is 18.6. The van der Waals surface area contributed by atoms with Crippen molar-refractivity contribution in [2.24, 2.45) is 5.92 Å². The number of rotatable bonds is 9. The van der Waals surface area contributed by atoms with Gasteiger partial charge in [0.25, 0.3) is 0 Å². The zero-order valence-electron chi connectivity index (χ0n) is 19.3. The molecule has 1 aliphatic carbocycles. The Morgan fingerprint density at radius 3 is 1.90 bits per heavy atom. The second-order valence-electron chi connectivity index (χ2n) is 9.17. The van der Waals surface area contributed by atoms with Crippen LogP contribution in [0.3, 0.4) is 0 Å². The molecule has 0 nitrogen and oxygen atoms in total. The minimum atomic E-state index is 0.568. The van der Waals surface area contributed by atoms with E-state index in [0.29, 0.717) is 5.92 Å². The summed E-state index contributed by atoms with van der Waals surface area (Å²) in [5.41, 5.74) is 5.67. The minimum absolute atomic E-state index is 0.568. The number of hydrogen-bond donors (Lipinski definition) is 0. The van der Waals surface area contributed by atoms with Gasteiger partial charge in [-0.2, -0.15) is 0 Å². The second kappa shape index (κ2) is 12.6. The molecule has 0 amide bonds. The van der Waals surface area contributed by atoms with Crippen LogP contribution in [0.4, 0.5) is 0 Å². The predicted molar refractivity (Wildman–Crippen MR) is 131 cm³/mol. The molecule has 0 aliphatic heterocycles. The lowest BCUT2D eigenvalue weighted by Gasteiger charge is -2.26. The lowest BCUT2D eigenvalue weighted by Crippen LogP contribution is -2.12. The van der Waals surface area contributed by atoms with Gasteiger partial charge in [0, 0.05) is 11.5 Å². The summed E-state index contributed by atoms with van der Waals surface area (Å²) in [6.07, 6.45) is 15.4. The SMILES string of the molecule is CCCCCCc1ccc(C2CCC(C#Cc3ccc(CCCC)cc3)CC2)cc1. The molecule has 0 heterocycles. The van der Waals surface area contributed by atoms with Gasteiger partial charge in [0.05, 0.1) is 0 Å². The van der Waals surface area contributed by atoms with Crippen molar-refractivity contribution >= 4 is 0 Å². The molecule has 0 aromatic heterocycles. The standard InChI is InChI=1S/C30H40/c1-3-5-7-8-10-26-17-21-29(22-18-26)30-23-19-28(20-24-30)16-15-27-13-11-25(12-14-27)9-6-4-2/h11-14,17-18,21-22,28,30H,3-10,19-20,23-24H2,1-2H3. The molecule has 0 saturated heterocycles. The summed E-state index contributed by atoms with van der Waals surface area (Å²) in [7, 11) is 0. The molecule has 1 aliphatic rings. The fraction of sp³-hybridized carbons (Fsp3) is 0.533. The third-order valence-corrected chi connectivity index (χ3v) is 6.69. The molecule has 0 atom stereocenters. The number of aryl methyl sites for hydroxylation is 2. The highest BCUT2D eigenvalue weighted by Crippen LogP contribution is 2.35. The van der Waals surface area contributed by atoms with E-state index < -0.39 is 0 Å². The second-order valence-corrected chi connectivity index (χ2v) is 9.17. The van der Waals surface area contributed by atoms with Gasteiger partial charge in [0.1, 0.15) is 0 Å². The van der Waals surface area contributed by atoms with Gasteiger partial charge < -0.3 is 0 Å².